The zero-order valence-electron chi connectivity index (χ0n) is 16.5. The van der Waals surface area contributed by atoms with E-state index in [2.05, 4.69) is 31.0 Å². The Kier molecular flexibility index (Phi) is 5.12. The molecule has 0 bridgehead atoms. The minimum atomic E-state index is -3.94. The van der Waals surface area contributed by atoms with Crippen LogP contribution in [0, 0.1) is 13.8 Å². The van der Waals surface area contributed by atoms with Crippen molar-refractivity contribution in [2.75, 3.05) is 6.79 Å². The lowest BCUT2D eigenvalue weighted by Crippen LogP contribution is -2.42. The van der Waals surface area contributed by atoms with Crippen LogP contribution in [-0.2, 0) is 15.4 Å². The fraction of sp³-hybridized carbons (Fsp3) is 0.350. The molecule has 28 heavy (non-hydrogen) atoms. The summed E-state index contributed by atoms with van der Waals surface area (Å²) in [5.41, 5.74) is 4.70. The molecule has 7 nitrogen and oxygen atoms in total. The number of aryl methyl sites for hydroxylation is 2. The predicted molar refractivity (Wildman–Crippen MR) is 105 cm³/mol. The summed E-state index contributed by atoms with van der Waals surface area (Å²) in [7, 11) is -3.94. The molecule has 2 aromatic rings. The minimum absolute atomic E-state index is 0.0934. The molecular formula is C20H24N2O5S. The molecule has 0 spiro atoms. The number of fused-ring (bicyclic) bond motifs is 1. The van der Waals surface area contributed by atoms with E-state index in [0.29, 0.717) is 22.6 Å². The number of ether oxygens (including phenoxy) is 2. The van der Waals surface area contributed by atoms with E-state index in [4.69, 9.17) is 9.47 Å². The average Bonchev–Trinajstić information content (AvgIpc) is 3.05. The Labute approximate surface area is 165 Å². The second-order valence-corrected chi connectivity index (χ2v) is 9.44. The average molecular weight is 404 g/mol. The Bertz CT molecular complexity index is 1020. The lowest BCUT2D eigenvalue weighted by molar-refractivity contribution is 0.0944. The van der Waals surface area contributed by atoms with E-state index in [9.17, 15) is 13.2 Å². The van der Waals surface area contributed by atoms with Gasteiger partial charge >= 0.3 is 0 Å². The van der Waals surface area contributed by atoms with Gasteiger partial charge in [0.25, 0.3) is 15.9 Å². The van der Waals surface area contributed by atoms with Crippen molar-refractivity contribution >= 4 is 15.9 Å². The lowest BCUT2D eigenvalue weighted by Gasteiger charge is -2.22. The number of sulfonamides is 1. The van der Waals surface area contributed by atoms with Crippen LogP contribution in [0.4, 0.5) is 0 Å². The van der Waals surface area contributed by atoms with Crippen molar-refractivity contribution < 1.29 is 22.7 Å². The summed E-state index contributed by atoms with van der Waals surface area (Å²) >= 11 is 0. The molecule has 0 aliphatic carbocycles. The van der Waals surface area contributed by atoms with Gasteiger partial charge in [-0.2, -0.15) is 0 Å². The van der Waals surface area contributed by atoms with Crippen LogP contribution in [0.25, 0.3) is 0 Å². The van der Waals surface area contributed by atoms with Gasteiger partial charge in [0.2, 0.25) is 6.79 Å². The van der Waals surface area contributed by atoms with Gasteiger partial charge < -0.3 is 9.47 Å². The molecule has 1 amide bonds. The van der Waals surface area contributed by atoms with E-state index in [1.165, 1.54) is 12.1 Å². The molecule has 0 unspecified atom stereocenters. The Morgan fingerprint density at radius 3 is 2.21 bits per heavy atom. The van der Waals surface area contributed by atoms with Crippen LogP contribution in [-0.4, -0.2) is 21.1 Å². The Hall–Kier alpha value is -2.58. The summed E-state index contributed by atoms with van der Waals surface area (Å²) in [6.45, 7) is 9.79. The summed E-state index contributed by atoms with van der Waals surface area (Å²) in [6.07, 6.45) is 0. The molecule has 2 aromatic carbocycles. The second-order valence-electron chi connectivity index (χ2n) is 7.82. The zero-order chi connectivity index (χ0) is 20.7. The molecule has 8 heteroatoms. The van der Waals surface area contributed by atoms with Gasteiger partial charge in [-0.15, -0.1) is 4.83 Å². The van der Waals surface area contributed by atoms with Gasteiger partial charge in [0, 0.05) is 5.56 Å². The largest absolute Gasteiger partial charge is 0.454 e. The predicted octanol–water partition coefficient (Wildman–Crippen LogP) is 2.95. The highest BCUT2D eigenvalue weighted by molar-refractivity contribution is 7.89. The van der Waals surface area contributed by atoms with Gasteiger partial charge in [0.05, 0.1) is 4.90 Å². The van der Waals surface area contributed by atoms with Crippen molar-refractivity contribution in [3.05, 3.63) is 52.6 Å². The third kappa shape index (κ3) is 3.98. The summed E-state index contributed by atoms with van der Waals surface area (Å²) in [4.78, 5) is 14.7. The number of benzene rings is 2. The molecular weight excluding hydrogens is 380 g/mol. The Balaban J connectivity index is 1.80. The van der Waals surface area contributed by atoms with E-state index in [0.717, 1.165) is 5.56 Å². The quantitative estimate of drug-likeness (QED) is 0.764. The first-order valence-corrected chi connectivity index (χ1v) is 10.3. The smallest absolute Gasteiger partial charge is 0.266 e. The molecule has 0 saturated carbocycles. The number of hydrogen-bond donors (Lipinski definition) is 2. The number of hydrogen-bond acceptors (Lipinski definition) is 5. The first-order chi connectivity index (χ1) is 13.0. The zero-order valence-corrected chi connectivity index (χ0v) is 17.4. The van der Waals surface area contributed by atoms with Crippen molar-refractivity contribution in [2.24, 2.45) is 0 Å². The van der Waals surface area contributed by atoms with Crippen LogP contribution in [0.1, 0.15) is 47.8 Å². The highest BCUT2D eigenvalue weighted by Crippen LogP contribution is 2.32. The second kappa shape index (κ2) is 7.10. The van der Waals surface area contributed by atoms with Crippen molar-refractivity contribution in [3.8, 4) is 11.5 Å². The van der Waals surface area contributed by atoms with Crippen LogP contribution in [0.15, 0.2) is 35.2 Å². The summed E-state index contributed by atoms with van der Waals surface area (Å²) in [5.74, 6) is 0.394. The summed E-state index contributed by atoms with van der Waals surface area (Å²) < 4.78 is 36.0. The molecule has 1 aliphatic rings. The van der Waals surface area contributed by atoms with E-state index in [-0.39, 0.29) is 22.7 Å². The summed E-state index contributed by atoms with van der Waals surface area (Å²) in [6, 6.07) is 8.36. The van der Waals surface area contributed by atoms with E-state index < -0.39 is 15.9 Å². The number of nitrogens with one attached hydrogen (secondary N) is 2. The first-order valence-electron chi connectivity index (χ1n) is 8.82. The number of carbonyl (C=O) groups excluding carboxylic acids is 1. The molecule has 0 aromatic heterocycles. The molecule has 0 fully saturated rings. The monoisotopic (exact) mass is 404 g/mol. The van der Waals surface area contributed by atoms with Gasteiger partial charge in [0.1, 0.15) is 0 Å². The van der Waals surface area contributed by atoms with E-state index >= 15 is 0 Å². The third-order valence-electron chi connectivity index (χ3n) is 4.53. The normalized spacial score (nSPS) is 13.5. The Morgan fingerprint density at radius 1 is 1.00 bits per heavy atom. The molecule has 150 valence electrons. The van der Waals surface area contributed by atoms with Gasteiger partial charge in [-0.05, 0) is 54.2 Å². The maximum Gasteiger partial charge on any atom is 0.266 e. The maximum absolute atomic E-state index is 12.8. The fourth-order valence-electron chi connectivity index (χ4n) is 3.08. The minimum Gasteiger partial charge on any atom is -0.454 e. The SMILES string of the molecule is Cc1cc(C(C)(C)C)cc(C)c1S(=O)(=O)NNC(=O)c1ccc2c(c1)OCO2. The van der Waals surface area contributed by atoms with Crippen molar-refractivity contribution in [1.29, 1.82) is 0 Å². The van der Waals surface area contributed by atoms with Crippen LogP contribution in [0.3, 0.4) is 0 Å². The van der Waals surface area contributed by atoms with Crippen molar-refractivity contribution in [2.45, 2.75) is 44.9 Å². The molecule has 0 saturated heterocycles. The van der Waals surface area contributed by atoms with Crippen LogP contribution in [0.5, 0.6) is 11.5 Å². The topological polar surface area (TPSA) is 93.7 Å². The molecule has 3 rings (SSSR count). The standard InChI is InChI=1S/C20H24N2O5S/c1-12-8-15(20(3,4)5)9-13(2)18(12)28(24,25)22-21-19(23)14-6-7-16-17(10-14)27-11-26-16/h6-10,22H,11H2,1-5H3,(H,21,23). The van der Waals surface area contributed by atoms with E-state index in [1.807, 2.05) is 12.1 Å². The Morgan fingerprint density at radius 2 is 1.61 bits per heavy atom. The van der Waals surface area contributed by atoms with Crippen molar-refractivity contribution in [3.63, 3.8) is 0 Å². The highest BCUT2D eigenvalue weighted by Gasteiger charge is 2.24. The highest BCUT2D eigenvalue weighted by atomic mass is 32.2. The van der Waals surface area contributed by atoms with Crippen LogP contribution >= 0.6 is 0 Å². The molecule has 1 heterocycles. The van der Waals surface area contributed by atoms with Gasteiger partial charge in [0.15, 0.2) is 11.5 Å². The van der Waals surface area contributed by atoms with Gasteiger partial charge in [-0.25, -0.2) is 8.42 Å². The molecule has 0 atom stereocenters. The number of amides is 1. The van der Waals surface area contributed by atoms with Crippen molar-refractivity contribution in [1.82, 2.24) is 10.3 Å². The number of hydrazine groups is 1. The van der Waals surface area contributed by atoms with Crippen LogP contribution < -0.4 is 19.7 Å². The lowest BCUT2D eigenvalue weighted by atomic mass is 9.85. The maximum atomic E-state index is 12.8. The fourth-order valence-corrected chi connectivity index (χ4v) is 4.38. The number of rotatable bonds is 4. The molecule has 2 N–H and O–H groups in total. The molecule has 0 radical (unpaired) electrons. The number of carbonyl (C=O) groups is 1. The summed E-state index contributed by atoms with van der Waals surface area (Å²) in [5, 5.41) is 0. The molecule has 1 aliphatic heterocycles. The first kappa shape index (κ1) is 20.2. The van der Waals surface area contributed by atoms with Gasteiger partial charge in [-0.1, -0.05) is 32.9 Å². The van der Waals surface area contributed by atoms with Crippen LogP contribution in [0.2, 0.25) is 0 Å². The van der Waals surface area contributed by atoms with Gasteiger partial charge in [-0.3, -0.25) is 10.2 Å². The third-order valence-corrected chi connectivity index (χ3v) is 6.08. The van der Waals surface area contributed by atoms with E-state index in [1.54, 1.807) is 19.9 Å².